The van der Waals surface area contributed by atoms with Gasteiger partial charge in [-0.3, -0.25) is 9.59 Å². The molecule has 1 aromatic carbocycles. The first kappa shape index (κ1) is 16.0. The van der Waals surface area contributed by atoms with E-state index >= 15 is 0 Å². The number of nitrogens with zero attached hydrogens (tertiary/aromatic N) is 1. The SMILES string of the molecule is O=C(NC1CCCCCC1)[C@H]1CCN(c2ccc(F)cc2)C1=O. The van der Waals surface area contributed by atoms with Crippen molar-refractivity contribution in [2.45, 2.75) is 51.0 Å². The Balaban J connectivity index is 1.61. The smallest absolute Gasteiger partial charge is 0.239 e. The third kappa shape index (κ3) is 3.71. The molecule has 0 radical (unpaired) electrons. The van der Waals surface area contributed by atoms with Crippen LogP contribution >= 0.6 is 0 Å². The van der Waals surface area contributed by atoms with Gasteiger partial charge >= 0.3 is 0 Å². The second-order valence-corrected chi connectivity index (χ2v) is 6.50. The van der Waals surface area contributed by atoms with Gasteiger partial charge in [0.1, 0.15) is 11.7 Å². The van der Waals surface area contributed by atoms with Crippen LogP contribution in [0.2, 0.25) is 0 Å². The Labute approximate surface area is 136 Å². The van der Waals surface area contributed by atoms with Gasteiger partial charge in [-0.25, -0.2) is 4.39 Å². The number of nitrogens with one attached hydrogen (secondary N) is 1. The van der Waals surface area contributed by atoms with Crippen LogP contribution in [0.3, 0.4) is 0 Å². The fourth-order valence-electron chi connectivity index (χ4n) is 3.53. The van der Waals surface area contributed by atoms with E-state index in [2.05, 4.69) is 5.32 Å². The second kappa shape index (κ2) is 7.11. The quantitative estimate of drug-likeness (QED) is 0.688. The highest BCUT2D eigenvalue weighted by molar-refractivity contribution is 6.09. The fourth-order valence-corrected chi connectivity index (χ4v) is 3.53. The van der Waals surface area contributed by atoms with Crippen molar-refractivity contribution in [3.05, 3.63) is 30.1 Å². The van der Waals surface area contributed by atoms with Gasteiger partial charge in [-0.05, 0) is 43.5 Å². The van der Waals surface area contributed by atoms with Gasteiger partial charge in [0.05, 0.1) is 0 Å². The molecule has 2 fully saturated rings. The summed E-state index contributed by atoms with van der Waals surface area (Å²) in [6.45, 7) is 0.507. The highest BCUT2D eigenvalue weighted by Gasteiger charge is 2.38. The van der Waals surface area contributed by atoms with E-state index in [9.17, 15) is 14.0 Å². The van der Waals surface area contributed by atoms with Crippen molar-refractivity contribution in [3.8, 4) is 0 Å². The first-order chi connectivity index (χ1) is 11.1. The molecule has 1 aliphatic carbocycles. The van der Waals surface area contributed by atoms with Crippen molar-refractivity contribution in [3.63, 3.8) is 0 Å². The summed E-state index contributed by atoms with van der Waals surface area (Å²) in [7, 11) is 0. The Morgan fingerprint density at radius 3 is 2.35 bits per heavy atom. The van der Waals surface area contributed by atoms with Crippen molar-refractivity contribution in [2.24, 2.45) is 5.92 Å². The highest BCUT2D eigenvalue weighted by atomic mass is 19.1. The Hall–Kier alpha value is -1.91. The van der Waals surface area contributed by atoms with E-state index in [1.807, 2.05) is 0 Å². The third-order valence-corrected chi connectivity index (χ3v) is 4.86. The number of halogens is 1. The molecule has 2 amide bonds. The average molecular weight is 318 g/mol. The zero-order chi connectivity index (χ0) is 16.2. The molecule has 1 aromatic rings. The molecule has 1 heterocycles. The van der Waals surface area contributed by atoms with Gasteiger partial charge < -0.3 is 10.2 Å². The number of hydrogen-bond acceptors (Lipinski definition) is 2. The van der Waals surface area contributed by atoms with Crippen molar-refractivity contribution in [1.29, 1.82) is 0 Å². The number of carbonyl (C=O) groups is 2. The van der Waals surface area contributed by atoms with Gasteiger partial charge in [-0.1, -0.05) is 25.7 Å². The molecule has 5 heteroatoms. The van der Waals surface area contributed by atoms with Gasteiger partial charge in [-0.15, -0.1) is 0 Å². The number of anilines is 1. The topological polar surface area (TPSA) is 49.4 Å². The molecule has 124 valence electrons. The van der Waals surface area contributed by atoms with Crippen LogP contribution in [0.1, 0.15) is 44.9 Å². The molecule has 0 bridgehead atoms. The molecule has 1 aliphatic heterocycles. The Morgan fingerprint density at radius 1 is 1.04 bits per heavy atom. The zero-order valence-electron chi connectivity index (χ0n) is 13.3. The Bertz CT molecular complexity index is 565. The number of carbonyl (C=O) groups excluding carboxylic acids is 2. The van der Waals surface area contributed by atoms with Crippen molar-refractivity contribution >= 4 is 17.5 Å². The van der Waals surface area contributed by atoms with Gasteiger partial charge in [0.2, 0.25) is 11.8 Å². The lowest BCUT2D eigenvalue weighted by Crippen LogP contribution is -2.41. The molecule has 23 heavy (non-hydrogen) atoms. The van der Waals surface area contributed by atoms with E-state index in [0.29, 0.717) is 18.7 Å². The third-order valence-electron chi connectivity index (χ3n) is 4.86. The minimum absolute atomic E-state index is 0.147. The summed E-state index contributed by atoms with van der Waals surface area (Å²) in [6.07, 6.45) is 7.29. The summed E-state index contributed by atoms with van der Waals surface area (Å²) in [5.74, 6) is -1.26. The normalized spacial score (nSPS) is 22.9. The van der Waals surface area contributed by atoms with Crippen LogP contribution < -0.4 is 10.2 Å². The first-order valence-electron chi connectivity index (χ1n) is 8.52. The number of hydrogen-bond donors (Lipinski definition) is 1. The van der Waals surface area contributed by atoms with E-state index in [-0.39, 0.29) is 23.7 Å². The molecule has 2 aliphatic rings. The first-order valence-corrected chi connectivity index (χ1v) is 8.52. The predicted molar refractivity (Wildman–Crippen MR) is 86.5 cm³/mol. The van der Waals surface area contributed by atoms with E-state index in [4.69, 9.17) is 0 Å². The summed E-state index contributed by atoms with van der Waals surface area (Å²) < 4.78 is 13.0. The van der Waals surface area contributed by atoms with E-state index in [0.717, 1.165) is 25.7 Å². The minimum Gasteiger partial charge on any atom is -0.353 e. The lowest BCUT2D eigenvalue weighted by molar-refractivity contribution is -0.132. The maximum Gasteiger partial charge on any atom is 0.239 e. The predicted octanol–water partition coefficient (Wildman–Crippen LogP) is 3.02. The number of benzene rings is 1. The lowest BCUT2D eigenvalue weighted by Gasteiger charge is -2.19. The molecule has 1 N–H and O–H groups in total. The molecule has 1 atom stereocenters. The largest absolute Gasteiger partial charge is 0.353 e. The molecule has 1 saturated heterocycles. The van der Waals surface area contributed by atoms with Crippen LogP contribution in [0, 0.1) is 11.7 Å². The van der Waals surface area contributed by atoms with Crippen LogP contribution in [0.5, 0.6) is 0 Å². The minimum atomic E-state index is -0.608. The van der Waals surface area contributed by atoms with E-state index in [1.165, 1.54) is 25.0 Å². The lowest BCUT2D eigenvalue weighted by atomic mass is 10.0. The van der Waals surface area contributed by atoms with Crippen LogP contribution in [-0.4, -0.2) is 24.4 Å². The second-order valence-electron chi connectivity index (χ2n) is 6.50. The molecule has 4 nitrogen and oxygen atoms in total. The van der Waals surface area contributed by atoms with Crippen molar-refractivity contribution < 1.29 is 14.0 Å². The highest BCUT2D eigenvalue weighted by Crippen LogP contribution is 2.26. The van der Waals surface area contributed by atoms with E-state index < -0.39 is 5.92 Å². The summed E-state index contributed by atoms with van der Waals surface area (Å²) in [5.41, 5.74) is 0.654. The van der Waals surface area contributed by atoms with Gasteiger partial charge in [0, 0.05) is 18.3 Å². The summed E-state index contributed by atoms with van der Waals surface area (Å²) >= 11 is 0. The number of rotatable bonds is 3. The molecule has 0 spiro atoms. The fraction of sp³-hybridized carbons (Fsp3) is 0.556. The molecule has 0 unspecified atom stereocenters. The zero-order valence-corrected chi connectivity index (χ0v) is 13.3. The van der Waals surface area contributed by atoms with Crippen LogP contribution in [0.15, 0.2) is 24.3 Å². The van der Waals surface area contributed by atoms with Gasteiger partial charge in [0.15, 0.2) is 0 Å². The Morgan fingerprint density at radius 2 is 1.70 bits per heavy atom. The summed E-state index contributed by atoms with van der Waals surface area (Å²) in [5, 5.41) is 3.07. The molecule has 1 saturated carbocycles. The van der Waals surface area contributed by atoms with Crippen molar-refractivity contribution in [1.82, 2.24) is 5.32 Å². The van der Waals surface area contributed by atoms with Gasteiger partial charge in [0.25, 0.3) is 0 Å². The van der Waals surface area contributed by atoms with Crippen LogP contribution in [0.4, 0.5) is 10.1 Å². The molecule has 3 rings (SSSR count). The van der Waals surface area contributed by atoms with Gasteiger partial charge in [-0.2, -0.15) is 0 Å². The maximum absolute atomic E-state index is 13.0. The summed E-state index contributed by atoms with van der Waals surface area (Å²) in [4.78, 5) is 26.5. The van der Waals surface area contributed by atoms with Crippen molar-refractivity contribution in [2.75, 3.05) is 11.4 Å². The van der Waals surface area contributed by atoms with E-state index in [1.54, 1.807) is 17.0 Å². The number of amides is 2. The molecule has 0 aromatic heterocycles. The standard InChI is InChI=1S/C18H23FN2O2/c19-13-7-9-15(10-8-13)21-12-11-16(18(21)23)17(22)20-14-5-3-1-2-4-6-14/h7-10,14,16H,1-6,11-12H2,(H,20,22)/t16-/m1/s1. The maximum atomic E-state index is 13.0. The molecular formula is C18H23FN2O2. The summed E-state index contributed by atoms with van der Waals surface area (Å²) in [6, 6.07) is 6.04. The Kier molecular flexibility index (Phi) is 4.94. The molecular weight excluding hydrogens is 295 g/mol. The monoisotopic (exact) mass is 318 g/mol. The average Bonchev–Trinajstić information content (AvgIpc) is 2.75. The van der Waals surface area contributed by atoms with Crippen LogP contribution in [-0.2, 0) is 9.59 Å². The van der Waals surface area contributed by atoms with Crippen LogP contribution in [0.25, 0.3) is 0 Å².